The molecule has 0 N–H and O–H groups in total. The van der Waals surface area contributed by atoms with Crippen molar-refractivity contribution in [3.8, 4) is 11.1 Å². The van der Waals surface area contributed by atoms with Gasteiger partial charge in [0.15, 0.2) is 0 Å². The summed E-state index contributed by atoms with van der Waals surface area (Å²) in [5.41, 5.74) is 13.8. The highest BCUT2D eigenvalue weighted by atomic mass is 15.1. The molecule has 8 aromatic carbocycles. The molecular weight excluding hydrogens is 653 g/mol. The van der Waals surface area contributed by atoms with Crippen molar-refractivity contribution in [2.45, 2.75) is 0 Å². The predicted molar refractivity (Wildman–Crippen MR) is 232 cm³/mol. The first-order valence-corrected chi connectivity index (χ1v) is 18.3. The maximum atomic E-state index is 2.28. The van der Waals surface area contributed by atoms with E-state index in [-0.39, 0.29) is 0 Å². The molecule has 0 heterocycles. The minimum atomic E-state index is 1.12. The molecule has 2 nitrogen and oxygen atoms in total. The van der Waals surface area contributed by atoms with Gasteiger partial charge in [0.05, 0.1) is 0 Å². The highest BCUT2D eigenvalue weighted by Gasteiger charge is 2.12. The molecule has 0 radical (unpaired) electrons. The molecule has 0 aliphatic rings. The second kappa shape index (κ2) is 16.5. The Morgan fingerprint density at radius 3 is 0.648 bits per heavy atom. The molecule has 0 saturated heterocycles. The van der Waals surface area contributed by atoms with E-state index in [4.69, 9.17) is 0 Å². The van der Waals surface area contributed by atoms with E-state index in [1.54, 1.807) is 0 Å². The number of anilines is 6. The van der Waals surface area contributed by atoms with Gasteiger partial charge in [0.25, 0.3) is 0 Å². The largest absolute Gasteiger partial charge is 0.311 e. The molecule has 0 aromatic heterocycles. The zero-order valence-electron chi connectivity index (χ0n) is 30.0. The van der Waals surface area contributed by atoms with Crippen molar-refractivity contribution >= 4 is 58.4 Å². The fraction of sp³-hybridized carbons (Fsp3) is 0. The lowest BCUT2D eigenvalue weighted by Crippen LogP contribution is -2.09. The van der Waals surface area contributed by atoms with Crippen molar-refractivity contribution in [3.05, 3.63) is 241 Å². The fourth-order valence-corrected chi connectivity index (χ4v) is 6.63. The zero-order chi connectivity index (χ0) is 36.4. The summed E-state index contributed by atoms with van der Waals surface area (Å²) in [6.07, 6.45) is 8.69. The van der Waals surface area contributed by atoms with Crippen molar-refractivity contribution < 1.29 is 0 Å². The summed E-state index contributed by atoms with van der Waals surface area (Å²) >= 11 is 0. The predicted octanol–water partition coefficient (Wildman–Crippen LogP) is 14.6. The van der Waals surface area contributed by atoms with Gasteiger partial charge in [-0.25, -0.2) is 0 Å². The monoisotopic (exact) mass is 692 g/mol. The Hall–Kier alpha value is -7.16. The second-order valence-corrected chi connectivity index (χ2v) is 13.1. The van der Waals surface area contributed by atoms with E-state index in [9.17, 15) is 0 Å². The summed E-state index contributed by atoms with van der Waals surface area (Å²) in [6.45, 7) is 0. The van der Waals surface area contributed by atoms with Gasteiger partial charge in [-0.05, 0) is 106 Å². The van der Waals surface area contributed by atoms with E-state index < -0.39 is 0 Å². The van der Waals surface area contributed by atoms with Crippen LogP contribution in [0.5, 0.6) is 0 Å². The smallest absolute Gasteiger partial charge is 0.0462 e. The molecule has 0 spiro atoms. The summed E-state index contributed by atoms with van der Waals surface area (Å²) in [4.78, 5) is 4.56. The van der Waals surface area contributed by atoms with Crippen LogP contribution < -0.4 is 9.80 Å². The van der Waals surface area contributed by atoms with Crippen molar-refractivity contribution in [1.29, 1.82) is 0 Å². The molecule has 0 amide bonds. The number of benzene rings is 8. The lowest BCUT2D eigenvalue weighted by Gasteiger charge is -2.25. The Balaban J connectivity index is 0.904. The van der Waals surface area contributed by atoms with Gasteiger partial charge in [0.2, 0.25) is 0 Å². The molecule has 258 valence electrons. The first kappa shape index (κ1) is 34.0. The van der Waals surface area contributed by atoms with Crippen LogP contribution in [0.3, 0.4) is 0 Å². The van der Waals surface area contributed by atoms with E-state index in [1.807, 2.05) is 0 Å². The fourth-order valence-electron chi connectivity index (χ4n) is 6.63. The van der Waals surface area contributed by atoms with Gasteiger partial charge in [-0.2, -0.15) is 0 Å². The van der Waals surface area contributed by atoms with E-state index in [0.29, 0.717) is 0 Å². The first-order chi connectivity index (χ1) is 26.8. The van der Waals surface area contributed by atoms with Gasteiger partial charge >= 0.3 is 0 Å². The summed E-state index contributed by atoms with van der Waals surface area (Å²) < 4.78 is 0. The molecule has 8 rings (SSSR count). The maximum Gasteiger partial charge on any atom is 0.0462 e. The molecule has 0 atom stereocenters. The van der Waals surface area contributed by atoms with Gasteiger partial charge in [-0.3, -0.25) is 0 Å². The number of hydrogen-bond acceptors (Lipinski definition) is 2. The molecule has 8 aromatic rings. The van der Waals surface area contributed by atoms with Gasteiger partial charge in [-0.15, -0.1) is 0 Å². The average Bonchev–Trinajstić information content (AvgIpc) is 3.25. The SMILES string of the molecule is C(=Cc1ccc(N(c2ccccc2)c2ccccc2)cc1)c1ccc(-c2ccc(C=Cc3ccc(N(c4ccccc4)c4ccccc4)cc3)cc2)cc1. The van der Waals surface area contributed by atoms with Crippen LogP contribution in [0.2, 0.25) is 0 Å². The Morgan fingerprint density at radius 2 is 0.407 bits per heavy atom. The van der Waals surface area contributed by atoms with Crippen LogP contribution in [0, 0.1) is 0 Å². The van der Waals surface area contributed by atoms with Crippen LogP contribution in [0.4, 0.5) is 34.1 Å². The van der Waals surface area contributed by atoms with Crippen molar-refractivity contribution in [2.75, 3.05) is 9.80 Å². The average molecular weight is 693 g/mol. The Labute approximate surface area is 318 Å². The first-order valence-electron chi connectivity index (χ1n) is 18.3. The number of hydrogen-bond donors (Lipinski definition) is 0. The van der Waals surface area contributed by atoms with E-state index in [1.165, 1.54) is 22.3 Å². The van der Waals surface area contributed by atoms with Gasteiger partial charge in [-0.1, -0.05) is 170 Å². The lowest BCUT2D eigenvalue weighted by atomic mass is 10.0. The lowest BCUT2D eigenvalue weighted by molar-refractivity contribution is 1.28. The highest BCUT2D eigenvalue weighted by Crippen LogP contribution is 2.36. The van der Waals surface area contributed by atoms with Crippen LogP contribution in [-0.2, 0) is 0 Å². The summed E-state index contributed by atoms with van der Waals surface area (Å²) in [7, 11) is 0. The normalized spacial score (nSPS) is 11.2. The molecular formula is C52H40N2. The minimum Gasteiger partial charge on any atom is -0.311 e. The third-order valence-corrected chi connectivity index (χ3v) is 9.45. The summed E-state index contributed by atoms with van der Waals surface area (Å²) in [5, 5.41) is 0. The van der Waals surface area contributed by atoms with E-state index in [2.05, 4.69) is 252 Å². The molecule has 0 saturated carbocycles. The standard InChI is InChI=1S/C52H40N2/c1-5-13-47(14-6-1)53(48-15-7-2-8-16-48)51-37-29-43(30-38-51)23-21-41-25-33-45(34-26-41)46-35-27-42(28-36-46)22-24-44-31-39-52(40-32-44)54(49-17-9-3-10-18-49)50-19-11-4-12-20-50/h1-40H. The van der Waals surface area contributed by atoms with Gasteiger partial charge < -0.3 is 9.80 Å². The van der Waals surface area contributed by atoms with Crippen LogP contribution in [0.15, 0.2) is 218 Å². The van der Waals surface area contributed by atoms with Crippen LogP contribution in [-0.4, -0.2) is 0 Å². The van der Waals surface area contributed by atoms with E-state index in [0.717, 1.165) is 45.3 Å². The van der Waals surface area contributed by atoms with Gasteiger partial charge in [0.1, 0.15) is 0 Å². The van der Waals surface area contributed by atoms with E-state index >= 15 is 0 Å². The van der Waals surface area contributed by atoms with Gasteiger partial charge in [0, 0.05) is 34.1 Å². The Kier molecular flexibility index (Phi) is 10.3. The Bertz CT molecular complexity index is 2160. The minimum absolute atomic E-state index is 1.12. The number of rotatable bonds is 11. The van der Waals surface area contributed by atoms with Crippen molar-refractivity contribution in [2.24, 2.45) is 0 Å². The Morgan fingerprint density at radius 1 is 0.204 bits per heavy atom. The van der Waals surface area contributed by atoms with Crippen molar-refractivity contribution in [1.82, 2.24) is 0 Å². The third-order valence-electron chi connectivity index (χ3n) is 9.45. The molecule has 0 unspecified atom stereocenters. The van der Waals surface area contributed by atoms with Crippen LogP contribution in [0.1, 0.15) is 22.3 Å². The van der Waals surface area contributed by atoms with Crippen LogP contribution in [0.25, 0.3) is 35.4 Å². The summed E-state index contributed by atoms with van der Waals surface area (Å²) in [5.74, 6) is 0. The van der Waals surface area contributed by atoms with Crippen molar-refractivity contribution in [3.63, 3.8) is 0 Å². The second-order valence-electron chi connectivity index (χ2n) is 13.1. The molecule has 0 fully saturated rings. The quantitative estimate of drug-likeness (QED) is 0.125. The maximum absolute atomic E-state index is 2.28. The zero-order valence-corrected chi connectivity index (χ0v) is 30.0. The molecule has 0 bridgehead atoms. The number of nitrogens with zero attached hydrogens (tertiary/aromatic N) is 2. The molecule has 0 aliphatic heterocycles. The molecule has 54 heavy (non-hydrogen) atoms. The highest BCUT2D eigenvalue weighted by molar-refractivity contribution is 5.80. The topological polar surface area (TPSA) is 6.48 Å². The number of para-hydroxylation sites is 4. The molecule has 2 heteroatoms. The summed E-state index contributed by atoms with van der Waals surface area (Å²) in [6, 6.07) is 76.9. The van der Waals surface area contributed by atoms with Crippen LogP contribution >= 0.6 is 0 Å². The molecule has 0 aliphatic carbocycles. The third kappa shape index (κ3) is 8.15.